The fraction of sp³-hybridized carbons (Fsp3) is 0.417. The first-order valence-corrected chi connectivity index (χ1v) is 5.40. The van der Waals surface area contributed by atoms with Crippen molar-refractivity contribution in [3.63, 3.8) is 0 Å². The Morgan fingerprint density at radius 3 is 2.56 bits per heavy atom. The van der Waals surface area contributed by atoms with Crippen LogP contribution < -0.4 is 5.32 Å². The Labute approximate surface area is 104 Å². The molecule has 3 N–H and O–H groups in total. The summed E-state index contributed by atoms with van der Waals surface area (Å²) in [7, 11) is 1.22. The summed E-state index contributed by atoms with van der Waals surface area (Å²) in [5.41, 5.74) is 0.645. The number of ether oxygens (including phenoxy) is 1. The molecule has 0 fully saturated rings. The van der Waals surface area contributed by atoms with Crippen LogP contribution in [-0.4, -0.2) is 42.5 Å². The third-order valence-corrected chi connectivity index (χ3v) is 2.50. The van der Waals surface area contributed by atoms with Crippen molar-refractivity contribution in [2.75, 3.05) is 25.6 Å². The maximum Gasteiger partial charge on any atom is 0.339 e. The van der Waals surface area contributed by atoms with Gasteiger partial charge in [-0.05, 0) is 24.6 Å². The normalized spacial score (nSPS) is 10.6. The lowest BCUT2D eigenvalue weighted by molar-refractivity contribution is 0.0601. The summed E-state index contributed by atoms with van der Waals surface area (Å²) in [4.78, 5) is 11.5. The number of aliphatic hydroxyl groups is 2. The second-order valence-electron chi connectivity index (χ2n) is 3.84. The molecular weight excluding hydrogens is 241 g/mol. The predicted molar refractivity (Wildman–Crippen MR) is 64.1 cm³/mol. The zero-order chi connectivity index (χ0) is 13.7. The highest BCUT2D eigenvalue weighted by molar-refractivity contribution is 5.95. The standard InChI is InChI=1S/C12H16FNO4/c1-7-3-9(12(17)18-2)11(4-10(7)13)14-8(5-15)6-16/h3-4,8,14-16H,5-6H2,1-2H3. The molecule has 6 heteroatoms. The molecule has 0 saturated heterocycles. The van der Waals surface area contributed by atoms with Gasteiger partial charge >= 0.3 is 5.97 Å². The molecule has 1 aromatic carbocycles. The molecule has 0 aliphatic rings. The third-order valence-electron chi connectivity index (χ3n) is 2.50. The number of carbonyl (C=O) groups is 1. The monoisotopic (exact) mass is 257 g/mol. The minimum atomic E-state index is -0.671. The summed E-state index contributed by atoms with van der Waals surface area (Å²) in [6.45, 7) is 0.848. The van der Waals surface area contributed by atoms with E-state index in [2.05, 4.69) is 10.1 Å². The van der Waals surface area contributed by atoms with E-state index >= 15 is 0 Å². The minimum Gasteiger partial charge on any atom is -0.465 e. The topological polar surface area (TPSA) is 78.8 Å². The maximum absolute atomic E-state index is 13.5. The number of methoxy groups -OCH3 is 1. The summed E-state index contributed by atoms with van der Waals surface area (Å²) in [6, 6.07) is 1.82. The first kappa shape index (κ1) is 14.4. The van der Waals surface area contributed by atoms with Crippen LogP contribution in [-0.2, 0) is 4.74 Å². The molecule has 0 radical (unpaired) electrons. The molecule has 18 heavy (non-hydrogen) atoms. The number of benzene rings is 1. The lowest BCUT2D eigenvalue weighted by Crippen LogP contribution is -2.28. The van der Waals surface area contributed by atoms with Crippen LogP contribution in [0.25, 0.3) is 0 Å². The Morgan fingerprint density at radius 2 is 2.06 bits per heavy atom. The van der Waals surface area contributed by atoms with Crippen molar-refractivity contribution in [2.24, 2.45) is 0 Å². The number of nitrogens with one attached hydrogen (secondary N) is 1. The highest BCUT2D eigenvalue weighted by Crippen LogP contribution is 2.22. The van der Waals surface area contributed by atoms with Crippen LogP contribution in [0.4, 0.5) is 10.1 Å². The van der Waals surface area contributed by atoms with E-state index in [0.717, 1.165) is 6.07 Å². The van der Waals surface area contributed by atoms with Crippen molar-refractivity contribution in [2.45, 2.75) is 13.0 Å². The third kappa shape index (κ3) is 3.18. The van der Waals surface area contributed by atoms with E-state index < -0.39 is 17.8 Å². The van der Waals surface area contributed by atoms with Crippen LogP contribution in [0.3, 0.4) is 0 Å². The first-order chi connectivity index (χ1) is 8.53. The molecule has 0 aromatic heterocycles. The number of esters is 1. The molecule has 0 aliphatic heterocycles. The Balaban J connectivity index is 3.14. The van der Waals surface area contributed by atoms with Gasteiger partial charge < -0.3 is 20.3 Å². The van der Waals surface area contributed by atoms with Crippen molar-refractivity contribution < 1.29 is 24.1 Å². The van der Waals surface area contributed by atoms with Crippen LogP contribution in [0.1, 0.15) is 15.9 Å². The van der Waals surface area contributed by atoms with Crippen LogP contribution in [0.5, 0.6) is 0 Å². The lowest BCUT2D eigenvalue weighted by atomic mass is 10.1. The Morgan fingerprint density at radius 1 is 1.44 bits per heavy atom. The molecule has 0 atom stereocenters. The van der Waals surface area contributed by atoms with Gasteiger partial charge in [0.1, 0.15) is 5.82 Å². The number of halogens is 1. The van der Waals surface area contributed by atoms with Crippen LogP contribution in [0.2, 0.25) is 0 Å². The average molecular weight is 257 g/mol. The molecule has 0 saturated carbocycles. The molecule has 0 heterocycles. The molecule has 0 amide bonds. The SMILES string of the molecule is COC(=O)c1cc(C)c(F)cc1NC(CO)CO. The number of aliphatic hydroxyl groups excluding tert-OH is 2. The Kier molecular flexibility index (Phi) is 5.06. The van der Waals surface area contributed by atoms with E-state index in [1.54, 1.807) is 0 Å². The minimum absolute atomic E-state index is 0.156. The smallest absolute Gasteiger partial charge is 0.339 e. The van der Waals surface area contributed by atoms with Crippen LogP contribution in [0.15, 0.2) is 12.1 Å². The van der Waals surface area contributed by atoms with E-state index in [1.165, 1.54) is 20.1 Å². The highest BCUT2D eigenvalue weighted by atomic mass is 19.1. The average Bonchev–Trinajstić information content (AvgIpc) is 2.38. The summed E-state index contributed by atoms with van der Waals surface area (Å²) in [5, 5.41) is 20.6. The summed E-state index contributed by atoms with van der Waals surface area (Å²) in [6.07, 6.45) is 0. The molecular formula is C12H16FNO4. The molecule has 0 aliphatic carbocycles. The fourth-order valence-corrected chi connectivity index (χ4v) is 1.45. The second kappa shape index (κ2) is 6.32. The lowest BCUT2D eigenvalue weighted by Gasteiger charge is -2.17. The summed E-state index contributed by atoms with van der Waals surface area (Å²) in [5.74, 6) is -1.10. The van der Waals surface area contributed by atoms with Gasteiger partial charge in [-0.2, -0.15) is 0 Å². The Bertz CT molecular complexity index is 432. The van der Waals surface area contributed by atoms with Crippen molar-refractivity contribution in [3.05, 3.63) is 29.1 Å². The molecule has 0 spiro atoms. The highest BCUT2D eigenvalue weighted by Gasteiger charge is 2.17. The van der Waals surface area contributed by atoms with E-state index in [4.69, 9.17) is 10.2 Å². The van der Waals surface area contributed by atoms with E-state index in [-0.39, 0.29) is 24.5 Å². The van der Waals surface area contributed by atoms with Crippen molar-refractivity contribution in [3.8, 4) is 0 Å². The van der Waals surface area contributed by atoms with Crippen LogP contribution >= 0.6 is 0 Å². The number of hydrogen-bond acceptors (Lipinski definition) is 5. The van der Waals surface area contributed by atoms with Gasteiger partial charge in [-0.1, -0.05) is 0 Å². The number of rotatable bonds is 5. The number of hydrogen-bond donors (Lipinski definition) is 3. The second-order valence-corrected chi connectivity index (χ2v) is 3.84. The zero-order valence-corrected chi connectivity index (χ0v) is 10.2. The van der Waals surface area contributed by atoms with Gasteiger partial charge in [0.2, 0.25) is 0 Å². The molecule has 0 bridgehead atoms. The van der Waals surface area contributed by atoms with E-state index in [1.807, 2.05) is 0 Å². The van der Waals surface area contributed by atoms with Gasteiger partial charge in [-0.15, -0.1) is 0 Å². The fourth-order valence-electron chi connectivity index (χ4n) is 1.45. The van der Waals surface area contributed by atoms with Gasteiger partial charge in [-0.3, -0.25) is 0 Å². The maximum atomic E-state index is 13.5. The predicted octanol–water partition coefficient (Wildman–Crippen LogP) is 0.686. The van der Waals surface area contributed by atoms with Gasteiger partial charge in [0.05, 0.1) is 37.6 Å². The van der Waals surface area contributed by atoms with Gasteiger partial charge in [0.25, 0.3) is 0 Å². The van der Waals surface area contributed by atoms with Crippen LogP contribution in [0, 0.1) is 12.7 Å². The van der Waals surface area contributed by atoms with E-state index in [0.29, 0.717) is 5.56 Å². The van der Waals surface area contributed by atoms with Crippen molar-refractivity contribution in [1.82, 2.24) is 0 Å². The van der Waals surface area contributed by atoms with Crippen molar-refractivity contribution >= 4 is 11.7 Å². The van der Waals surface area contributed by atoms with Gasteiger partial charge in [0.15, 0.2) is 0 Å². The Hall–Kier alpha value is -1.66. The molecule has 100 valence electrons. The summed E-state index contributed by atoms with van der Waals surface area (Å²) < 4.78 is 18.1. The molecule has 0 unspecified atom stereocenters. The molecule has 5 nitrogen and oxygen atoms in total. The quantitative estimate of drug-likeness (QED) is 0.676. The summed E-state index contributed by atoms with van der Waals surface area (Å²) >= 11 is 0. The van der Waals surface area contributed by atoms with Gasteiger partial charge in [0, 0.05) is 0 Å². The zero-order valence-electron chi connectivity index (χ0n) is 10.2. The number of aryl methyl sites for hydroxylation is 1. The van der Waals surface area contributed by atoms with Crippen molar-refractivity contribution in [1.29, 1.82) is 0 Å². The first-order valence-electron chi connectivity index (χ1n) is 5.40. The molecule has 1 rings (SSSR count). The van der Waals surface area contributed by atoms with E-state index in [9.17, 15) is 9.18 Å². The largest absolute Gasteiger partial charge is 0.465 e. The van der Waals surface area contributed by atoms with Gasteiger partial charge in [-0.25, -0.2) is 9.18 Å². The number of carbonyl (C=O) groups excluding carboxylic acids is 1. The number of anilines is 1. The molecule has 1 aromatic rings.